The Morgan fingerprint density at radius 1 is 0.897 bits per heavy atom. The van der Waals surface area contributed by atoms with Crippen LogP contribution in [0.15, 0.2) is 78.9 Å². The summed E-state index contributed by atoms with van der Waals surface area (Å²) in [7, 11) is 0. The van der Waals surface area contributed by atoms with Gasteiger partial charge >= 0.3 is 6.03 Å². The number of nitrogens with zero attached hydrogens (tertiary/aromatic N) is 3. The number of urea groups is 1. The molecule has 2 heterocycles. The number of nitrogens with two attached hydrogens (primary N) is 1. The van der Waals surface area contributed by atoms with Gasteiger partial charge in [0.1, 0.15) is 6.10 Å². The summed E-state index contributed by atoms with van der Waals surface area (Å²) in [6.45, 7) is 2.72. The van der Waals surface area contributed by atoms with Crippen LogP contribution in [0.1, 0.15) is 36.5 Å². The van der Waals surface area contributed by atoms with Crippen LogP contribution in [0.3, 0.4) is 0 Å². The van der Waals surface area contributed by atoms with Crippen LogP contribution in [0.5, 0.6) is 0 Å². The Bertz CT molecular complexity index is 1420. The Hall–Kier alpha value is -4.17. The lowest BCUT2D eigenvalue weighted by Gasteiger charge is -2.35. The average molecular weight is 526 g/mol. The Morgan fingerprint density at radius 3 is 2.23 bits per heavy atom. The first kappa shape index (κ1) is 26.4. The van der Waals surface area contributed by atoms with E-state index in [1.54, 1.807) is 9.80 Å². The summed E-state index contributed by atoms with van der Waals surface area (Å²) in [5.41, 5.74) is 9.60. The van der Waals surface area contributed by atoms with Gasteiger partial charge in [-0.1, -0.05) is 80.1 Å². The number of aliphatic hydroxyl groups is 1. The number of H-pyrrole nitrogens is 1. The summed E-state index contributed by atoms with van der Waals surface area (Å²) >= 11 is 0. The highest BCUT2D eigenvalue weighted by Gasteiger charge is 2.46. The minimum Gasteiger partial charge on any atom is -0.383 e. The van der Waals surface area contributed by atoms with Crippen LogP contribution >= 0.6 is 0 Å². The number of aliphatic hydroxyl groups excluding tert-OH is 1. The number of amides is 2. The second-order valence-corrected chi connectivity index (χ2v) is 10.3. The lowest BCUT2D eigenvalue weighted by molar-refractivity contribution is -0.132. The van der Waals surface area contributed by atoms with Crippen molar-refractivity contribution >= 4 is 28.5 Å². The number of rotatable bonds is 9. The van der Waals surface area contributed by atoms with Crippen molar-refractivity contribution < 1.29 is 14.7 Å². The van der Waals surface area contributed by atoms with E-state index in [9.17, 15) is 14.7 Å². The number of aromatic amines is 1. The zero-order valence-corrected chi connectivity index (χ0v) is 22.2. The van der Waals surface area contributed by atoms with E-state index in [4.69, 9.17) is 5.73 Å². The van der Waals surface area contributed by atoms with Crippen molar-refractivity contribution in [3.63, 3.8) is 0 Å². The number of Topliss-reactive ketones (excluding diaryl/α,β-unsaturated/α-hetero) is 1. The molecule has 1 fully saturated rings. The Labute approximate surface area is 228 Å². The molecule has 0 saturated carbocycles. The molecular formula is C31H35N5O3. The molecule has 0 unspecified atom stereocenters. The standard InChI is InChI=1S/C31H35N5O3/c1-2-3-16-35-26(18-21-10-6-4-7-11-21)28(37)29(38)27(19-22-12-8-5-9-13-22)36(31(35)39)20-23-14-15-25-24(17-23)30(32)34-33-25/h4-15,17,26-27,29,38H,2-3,16,18-20H2,1H3,(H3,32,33,34)/t26-,27-,29+/m1/s1. The topological polar surface area (TPSA) is 116 Å². The van der Waals surface area contributed by atoms with Gasteiger partial charge in [0.2, 0.25) is 0 Å². The van der Waals surface area contributed by atoms with E-state index < -0.39 is 18.2 Å². The number of benzene rings is 3. The summed E-state index contributed by atoms with van der Waals surface area (Å²) < 4.78 is 0. The first-order valence-electron chi connectivity index (χ1n) is 13.6. The summed E-state index contributed by atoms with van der Waals surface area (Å²) in [6, 6.07) is 23.4. The maximum absolute atomic E-state index is 14.4. The number of fused-ring (bicyclic) bond motifs is 1. The minimum absolute atomic E-state index is 0.224. The van der Waals surface area contributed by atoms with Gasteiger partial charge in [-0.2, -0.15) is 5.10 Å². The van der Waals surface area contributed by atoms with Gasteiger partial charge in [0.25, 0.3) is 0 Å². The number of hydrogen-bond acceptors (Lipinski definition) is 5. The average Bonchev–Trinajstić information content (AvgIpc) is 3.31. The van der Waals surface area contributed by atoms with Crippen molar-refractivity contribution in [2.45, 2.75) is 57.3 Å². The lowest BCUT2D eigenvalue weighted by Crippen LogP contribution is -2.50. The molecule has 5 rings (SSSR count). The number of nitrogens with one attached hydrogen (secondary N) is 1. The molecule has 0 aliphatic carbocycles. The predicted molar refractivity (Wildman–Crippen MR) is 152 cm³/mol. The fourth-order valence-electron chi connectivity index (χ4n) is 5.42. The monoisotopic (exact) mass is 525 g/mol. The van der Waals surface area contributed by atoms with Gasteiger partial charge in [-0.3, -0.25) is 9.89 Å². The van der Waals surface area contributed by atoms with Crippen LogP contribution in [-0.2, 0) is 24.2 Å². The smallest absolute Gasteiger partial charge is 0.321 e. The first-order chi connectivity index (χ1) is 19.0. The van der Waals surface area contributed by atoms with Crippen LogP contribution < -0.4 is 5.73 Å². The molecule has 0 radical (unpaired) electrons. The van der Waals surface area contributed by atoms with Gasteiger partial charge in [0.15, 0.2) is 11.6 Å². The second-order valence-electron chi connectivity index (χ2n) is 10.3. The molecule has 2 amide bonds. The van der Waals surface area contributed by atoms with Crippen molar-refractivity contribution in [1.29, 1.82) is 0 Å². The SMILES string of the molecule is CCCCN1C(=O)N(Cc2ccc3[nH]nc(N)c3c2)[C@H](Cc2ccccc2)[C@H](O)C(=O)[C@H]1Cc1ccccc1. The van der Waals surface area contributed by atoms with E-state index in [-0.39, 0.29) is 18.4 Å². The van der Waals surface area contributed by atoms with Crippen LogP contribution in [0.4, 0.5) is 10.6 Å². The predicted octanol–water partition coefficient (Wildman–Crippen LogP) is 4.34. The number of unbranched alkanes of at least 4 members (excludes halogenated alkanes) is 1. The molecule has 0 bridgehead atoms. The van der Waals surface area contributed by atoms with Gasteiger partial charge in [-0.25, -0.2) is 4.79 Å². The third-order valence-electron chi connectivity index (χ3n) is 7.57. The van der Waals surface area contributed by atoms with Crippen molar-refractivity contribution in [2.75, 3.05) is 12.3 Å². The maximum Gasteiger partial charge on any atom is 0.321 e. The Kier molecular flexibility index (Phi) is 7.93. The fourth-order valence-corrected chi connectivity index (χ4v) is 5.42. The molecule has 4 N–H and O–H groups in total. The molecule has 3 atom stereocenters. The molecule has 1 aliphatic rings. The van der Waals surface area contributed by atoms with Crippen molar-refractivity contribution in [3.8, 4) is 0 Å². The third-order valence-corrected chi connectivity index (χ3v) is 7.57. The van der Waals surface area contributed by atoms with Crippen LogP contribution in [0, 0.1) is 0 Å². The largest absolute Gasteiger partial charge is 0.383 e. The van der Waals surface area contributed by atoms with E-state index >= 15 is 0 Å². The van der Waals surface area contributed by atoms with Crippen LogP contribution in [-0.4, -0.2) is 61.7 Å². The van der Waals surface area contributed by atoms with Gasteiger partial charge < -0.3 is 20.6 Å². The zero-order valence-electron chi connectivity index (χ0n) is 22.2. The molecule has 0 spiro atoms. The fraction of sp³-hybridized carbons (Fsp3) is 0.323. The van der Waals surface area contributed by atoms with Gasteiger partial charge in [0.05, 0.1) is 17.6 Å². The second kappa shape index (κ2) is 11.7. The molecule has 1 saturated heterocycles. The Balaban J connectivity index is 1.56. The van der Waals surface area contributed by atoms with E-state index in [0.29, 0.717) is 25.2 Å². The number of ketones is 1. The summed E-state index contributed by atoms with van der Waals surface area (Å²) in [5, 5.41) is 19.4. The van der Waals surface area contributed by atoms with Gasteiger partial charge in [-0.05, 0) is 41.7 Å². The maximum atomic E-state index is 14.4. The number of carbonyl (C=O) groups is 2. The number of hydrogen-bond donors (Lipinski definition) is 3. The van der Waals surface area contributed by atoms with E-state index in [1.807, 2.05) is 78.9 Å². The van der Waals surface area contributed by atoms with Crippen molar-refractivity contribution in [2.24, 2.45) is 0 Å². The van der Waals surface area contributed by atoms with Crippen molar-refractivity contribution in [3.05, 3.63) is 95.6 Å². The van der Waals surface area contributed by atoms with E-state index in [0.717, 1.165) is 40.4 Å². The lowest BCUT2D eigenvalue weighted by atomic mass is 9.92. The molecule has 39 heavy (non-hydrogen) atoms. The molecule has 8 heteroatoms. The molecule has 8 nitrogen and oxygen atoms in total. The van der Waals surface area contributed by atoms with Crippen LogP contribution in [0.2, 0.25) is 0 Å². The van der Waals surface area contributed by atoms with E-state index in [1.165, 1.54) is 0 Å². The minimum atomic E-state index is -1.34. The van der Waals surface area contributed by atoms with E-state index in [2.05, 4.69) is 17.1 Å². The highest BCUT2D eigenvalue weighted by molar-refractivity contribution is 5.95. The summed E-state index contributed by atoms with van der Waals surface area (Å²) in [6.07, 6.45) is 1.01. The molecule has 1 aliphatic heterocycles. The highest BCUT2D eigenvalue weighted by Crippen LogP contribution is 2.28. The molecule has 3 aromatic carbocycles. The number of anilines is 1. The molecule has 1 aromatic heterocycles. The number of aromatic nitrogens is 2. The normalized spacial score (nSPS) is 20.0. The first-order valence-corrected chi connectivity index (χ1v) is 13.6. The van der Waals surface area contributed by atoms with Crippen LogP contribution in [0.25, 0.3) is 10.9 Å². The quantitative estimate of drug-likeness (QED) is 0.301. The summed E-state index contributed by atoms with van der Waals surface area (Å²) in [4.78, 5) is 31.7. The molecular weight excluding hydrogens is 490 g/mol. The molecule has 4 aromatic rings. The highest BCUT2D eigenvalue weighted by atomic mass is 16.3. The number of nitrogen functional groups attached to an aromatic ring is 1. The van der Waals surface area contributed by atoms with Gasteiger partial charge in [-0.15, -0.1) is 0 Å². The number of carbonyl (C=O) groups excluding carboxylic acids is 2. The third kappa shape index (κ3) is 5.66. The zero-order chi connectivity index (χ0) is 27.4. The molecule has 202 valence electrons. The Morgan fingerprint density at radius 2 is 1.56 bits per heavy atom. The summed E-state index contributed by atoms with van der Waals surface area (Å²) in [5.74, 6) is 0.0684. The van der Waals surface area contributed by atoms with Crippen molar-refractivity contribution in [1.82, 2.24) is 20.0 Å². The van der Waals surface area contributed by atoms with Gasteiger partial charge in [0, 0.05) is 24.9 Å².